The van der Waals surface area contributed by atoms with Crippen molar-refractivity contribution in [1.82, 2.24) is 0 Å². The zero-order valence-corrected chi connectivity index (χ0v) is 18.8. The number of nitrogens with one attached hydrogen (secondary N) is 1. The molecule has 6 nitrogen and oxygen atoms in total. The minimum atomic E-state index is -3.80. The molecule has 0 aliphatic rings. The van der Waals surface area contributed by atoms with Gasteiger partial charge in [-0.25, -0.2) is 8.42 Å². The summed E-state index contributed by atoms with van der Waals surface area (Å²) in [4.78, 5) is 0.0865. The topological polar surface area (TPSA) is 73.9 Å². The van der Waals surface area contributed by atoms with Crippen LogP contribution in [0, 0.1) is 0 Å². The third-order valence-electron chi connectivity index (χ3n) is 4.45. The van der Waals surface area contributed by atoms with E-state index in [0.717, 1.165) is 5.56 Å². The van der Waals surface area contributed by atoms with Gasteiger partial charge in [-0.3, -0.25) is 4.72 Å². The number of rotatable bonds is 8. The standard InChI is InChI=1S/C23H22ClNO5S/c1-28-21-13-16(14-22(29-2)23(21)30-3)11-12-17-7-4-5-10-20(17)25-31(26,27)19-9-6-8-18(24)15-19/h4-15,25H,1-3H3. The number of hydrogen-bond donors (Lipinski definition) is 1. The van der Waals surface area contributed by atoms with E-state index in [1.54, 1.807) is 56.7 Å². The van der Waals surface area contributed by atoms with Crippen LogP contribution in [0.1, 0.15) is 11.1 Å². The van der Waals surface area contributed by atoms with Crippen LogP contribution >= 0.6 is 11.6 Å². The minimum Gasteiger partial charge on any atom is -0.493 e. The number of halogens is 1. The molecule has 0 heterocycles. The summed E-state index contributed by atoms with van der Waals surface area (Å²) in [7, 11) is 0.836. The fraction of sp³-hybridized carbons (Fsp3) is 0.130. The molecule has 0 fully saturated rings. The van der Waals surface area contributed by atoms with E-state index in [2.05, 4.69) is 4.72 Å². The van der Waals surface area contributed by atoms with Crippen LogP contribution in [0.15, 0.2) is 65.6 Å². The number of ether oxygens (including phenoxy) is 3. The molecule has 0 unspecified atom stereocenters. The van der Waals surface area contributed by atoms with Gasteiger partial charge in [0.1, 0.15) is 0 Å². The molecule has 0 spiro atoms. The van der Waals surface area contributed by atoms with Crippen molar-refractivity contribution in [2.75, 3.05) is 26.1 Å². The molecule has 0 amide bonds. The molecule has 0 aromatic heterocycles. The second-order valence-corrected chi connectivity index (χ2v) is 8.56. The van der Waals surface area contributed by atoms with Crippen molar-refractivity contribution in [3.8, 4) is 17.2 Å². The van der Waals surface area contributed by atoms with Crippen LogP contribution in [-0.4, -0.2) is 29.7 Å². The molecule has 8 heteroatoms. The summed E-state index contributed by atoms with van der Waals surface area (Å²) in [5.41, 5.74) is 1.91. The van der Waals surface area contributed by atoms with E-state index in [1.807, 2.05) is 18.2 Å². The predicted octanol–water partition coefficient (Wildman–Crippen LogP) is 5.34. The number of sulfonamides is 1. The van der Waals surface area contributed by atoms with Crippen molar-refractivity contribution in [3.63, 3.8) is 0 Å². The second kappa shape index (κ2) is 9.76. The van der Waals surface area contributed by atoms with Crippen LogP contribution in [0.25, 0.3) is 12.2 Å². The molecule has 0 bridgehead atoms. The number of para-hydroxylation sites is 1. The number of anilines is 1. The van der Waals surface area contributed by atoms with Gasteiger partial charge in [-0.2, -0.15) is 0 Å². The Labute approximate surface area is 187 Å². The van der Waals surface area contributed by atoms with Crippen LogP contribution in [0.4, 0.5) is 5.69 Å². The third-order valence-corrected chi connectivity index (χ3v) is 6.05. The van der Waals surface area contributed by atoms with Gasteiger partial charge >= 0.3 is 0 Å². The normalized spacial score (nSPS) is 11.4. The molecule has 0 saturated carbocycles. The van der Waals surface area contributed by atoms with Crippen molar-refractivity contribution in [2.45, 2.75) is 4.90 Å². The van der Waals surface area contributed by atoms with E-state index in [0.29, 0.717) is 33.5 Å². The molecule has 1 N–H and O–H groups in total. The first-order chi connectivity index (χ1) is 14.9. The summed E-state index contributed by atoms with van der Waals surface area (Å²) in [5, 5.41) is 0.346. The Balaban J connectivity index is 1.93. The van der Waals surface area contributed by atoms with Crippen molar-refractivity contribution in [1.29, 1.82) is 0 Å². The summed E-state index contributed by atoms with van der Waals surface area (Å²) in [6.07, 6.45) is 3.63. The highest BCUT2D eigenvalue weighted by Crippen LogP contribution is 2.38. The largest absolute Gasteiger partial charge is 0.493 e. The minimum absolute atomic E-state index is 0.0865. The van der Waals surface area contributed by atoms with Gasteiger partial charge in [0, 0.05) is 5.02 Å². The van der Waals surface area contributed by atoms with Gasteiger partial charge in [0.25, 0.3) is 10.0 Å². The highest BCUT2D eigenvalue weighted by Gasteiger charge is 2.16. The highest BCUT2D eigenvalue weighted by molar-refractivity contribution is 7.92. The van der Waals surface area contributed by atoms with E-state index < -0.39 is 10.0 Å². The first-order valence-corrected chi connectivity index (χ1v) is 11.1. The zero-order chi connectivity index (χ0) is 22.4. The molecular formula is C23H22ClNO5S. The molecule has 31 heavy (non-hydrogen) atoms. The Morgan fingerprint density at radius 2 is 1.52 bits per heavy atom. The van der Waals surface area contributed by atoms with Crippen molar-refractivity contribution >= 4 is 39.5 Å². The molecule has 0 saturated heterocycles. The van der Waals surface area contributed by atoms with E-state index in [1.165, 1.54) is 19.2 Å². The number of methoxy groups -OCH3 is 3. The Hall–Kier alpha value is -3.16. The third kappa shape index (κ3) is 5.31. The fourth-order valence-electron chi connectivity index (χ4n) is 2.96. The first kappa shape index (κ1) is 22.5. The number of benzene rings is 3. The molecule has 3 rings (SSSR count). The molecule has 0 aliphatic carbocycles. The Bertz CT molecular complexity index is 1180. The maximum atomic E-state index is 12.8. The maximum Gasteiger partial charge on any atom is 0.261 e. The Morgan fingerprint density at radius 3 is 2.13 bits per heavy atom. The van der Waals surface area contributed by atoms with Gasteiger partial charge in [-0.15, -0.1) is 0 Å². The van der Waals surface area contributed by atoms with E-state index in [4.69, 9.17) is 25.8 Å². The zero-order valence-electron chi connectivity index (χ0n) is 17.3. The van der Waals surface area contributed by atoms with E-state index >= 15 is 0 Å². The van der Waals surface area contributed by atoms with Gasteiger partial charge in [0.05, 0.1) is 31.9 Å². The van der Waals surface area contributed by atoms with E-state index in [9.17, 15) is 8.42 Å². The lowest BCUT2D eigenvalue weighted by Gasteiger charge is -2.13. The van der Waals surface area contributed by atoms with Gasteiger partial charge in [0.2, 0.25) is 5.75 Å². The summed E-state index contributed by atoms with van der Waals surface area (Å²) in [5.74, 6) is 1.55. The first-order valence-electron chi connectivity index (χ1n) is 9.23. The van der Waals surface area contributed by atoms with Crippen LogP contribution in [0.2, 0.25) is 5.02 Å². The van der Waals surface area contributed by atoms with Gasteiger partial charge in [-0.05, 0) is 47.5 Å². The number of hydrogen-bond acceptors (Lipinski definition) is 5. The summed E-state index contributed by atoms with van der Waals surface area (Å²) >= 11 is 5.94. The lowest BCUT2D eigenvalue weighted by molar-refractivity contribution is 0.324. The monoisotopic (exact) mass is 459 g/mol. The second-order valence-electron chi connectivity index (χ2n) is 6.44. The van der Waals surface area contributed by atoms with Gasteiger partial charge in [-0.1, -0.05) is 48.0 Å². The van der Waals surface area contributed by atoms with Crippen molar-refractivity contribution in [3.05, 3.63) is 76.8 Å². The summed E-state index contributed by atoms with van der Waals surface area (Å²) < 4.78 is 44.3. The van der Waals surface area contributed by atoms with Crippen molar-refractivity contribution < 1.29 is 22.6 Å². The highest BCUT2D eigenvalue weighted by atomic mass is 35.5. The molecule has 3 aromatic carbocycles. The lowest BCUT2D eigenvalue weighted by atomic mass is 10.1. The molecular weight excluding hydrogens is 438 g/mol. The summed E-state index contributed by atoms with van der Waals surface area (Å²) in [6, 6.07) is 16.8. The molecule has 0 aliphatic heterocycles. The SMILES string of the molecule is COc1cc(C=Cc2ccccc2NS(=O)(=O)c2cccc(Cl)c2)cc(OC)c1OC. The molecule has 0 radical (unpaired) electrons. The quantitative estimate of drug-likeness (QED) is 0.460. The smallest absolute Gasteiger partial charge is 0.261 e. The predicted molar refractivity (Wildman–Crippen MR) is 124 cm³/mol. The lowest BCUT2D eigenvalue weighted by Crippen LogP contribution is -2.13. The van der Waals surface area contributed by atoms with Crippen LogP contribution in [-0.2, 0) is 10.0 Å². The molecule has 0 atom stereocenters. The van der Waals surface area contributed by atoms with Crippen molar-refractivity contribution in [2.24, 2.45) is 0 Å². The van der Waals surface area contributed by atoms with Crippen LogP contribution < -0.4 is 18.9 Å². The molecule has 162 valence electrons. The Kier molecular flexibility index (Phi) is 7.09. The average molecular weight is 460 g/mol. The van der Waals surface area contributed by atoms with Crippen LogP contribution in [0.3, 0.4) is 0 Å². The van der Waals surface area contributed by atoms with Crippen LogP contribution in [0.5, 0.6) is 17.2 Å². The fourth-order valence-corrected chi connectivity index (χ4v) is 4.34. The maximum absolute atomic E-state index is 12.8. The van der Waals surface area contributed by atoms with E-state index in [-0.39, 0.29) is 4.90 Å². The average Bonchev–Trinajstić information content (AvgIpc) is 2.77. The Morgan fingerprint density at radius 1 is 0.839 bits per heavy atom. The van der Waals surface area contributed by atoms with Gasteiger partial charge < -0.3 is 14.2 Å². The molecule has 3 aromatic rings. The van der Waals surface area contributed by atoms with Gasteiger partial charge in [0.15, 0.2) is 11.5 Å². The summed E-state index contributed by atoms with van der Waals surface area (Å²) in [6.45, 7) is 0.